The number of aromatic nitrogens is 1. The number of ether oxygens (including phenoxy) is 2. The molecule has 196 valence electrons. The number of aliphatic hydroxyl groups excluding tert-OH is 2. The summed E-state index contributed by atoms with van der Waals surface area (Å²) in [5, 5.41) is 41.0. The first-order valence-corrected chi connectivity index (χ1v) is 12.5. The van der Waals surface area contributed by atoms with Gasteiger partial charge in [0.1, 0.15) is 24.6 Å². The quantitative estimate of drug-likeness (QED) is 0.185. The van der Waals surface area contributed by atoms with Crippen molar-refractivity contribution in [3.63, 3.8) is 0 Å². The van der Waals surface area contributed by atoms with Gasteiger partial charge in [0.25, 0.3) is 0 Å². The number of nitrogens with one attached hydrogen (secondary N) is 3. The van der Waals surface area contributed by atoms with Crippen molar-refractivity contribution in [2.24, 2.45) is 10.9 Å². The summed E-state index contributed by atoms with van der Waals surface area (Å²) >= 11 is 0. The number of aromatic amines is 1. The largest absolute Gasteiger partial charge is 0.457 e. The van der Waals surface area contributed by atoms with E-state index in [0.717, 1.165) is 44.9 Å². The van der Waals surface area contributed by atoms with Crippen molar-refractivity contribution in [1.29, 1.82) is 10.7 Å². The van der Waals surface area contributed by atoms with Gasteiger partial charge in [-0.15, -0.1) is 0 Å². The van der Waals surface area contributed by atoms with Crippen LogP contribution in [0.3, 0.4) is 0 Å². The van der Waals surface area contributed by atoms with E-state index in [1.54, 1.807) is 0 Å². The molecule has 1 saturated heterocycles. The number of nitriles is 1. The maximum Gasteiger partial charge on any atom is 0.306 e. The number of rotatable bonds is 10. The number of amidine groups is 1. The van der Waals surface area contributed by atoms with Crippen LogP contribution in [0.5, 0.6) is 0 Å². The molecule has 1 aromatic rings. The third kappa shape index (κ3) is 6.19. The third-order valence-electron chi connectivity index (χ3n) is 6.78. The lowest BCUT2D eigenvalue weighted by Gasteiger charge is -2.25. The van der Waals surface area contributed by atoms with Crippen molar-refractivity contribution in [3.8, 4) is 6.07 Å². The predicted molar refractivity (Wildman–Crippen MR) is 130 cm³/mol. The molecule has 36 heavy (non-hydrogen) atoms. The molecule has 1 saturated carbocycles. The zero-order valence-electron chi connectivity index (χ0n) is 20.5. The van der Waals surface area contributed by atoms with Crippen molar-refractivity contribution in [1.82, 2.24) is 10.3 Å². The summed E-state index contributed by atoms with van der Waals surface area (Å²) in [4.78, 5) is 31.6. The SMILES string of the molecule is CCCCC(=O)NC(=NC=N)c1ccc([C@]2(C#N)O[C@H](CO)[C@@H](OC(=O)CC3CCCCC3)[C@H]2O)[nH]1. The summed E-state index contributed by atoms with van der Waals surface area (Å²) in [7, 11) is 0. The number of H-pyrrole nitrogens is 1. The van der Waals surface area contributed by atoms with Gasteiger partial charge >= 0.3 is 5.97 Å². The molecule has 5 N–H and O–H groups in total. The minimum Gasteiger partial charge on any atom is -0.457 e. The maximum atomic E-state index is 12.6. The molecule has 2 fully saturated rings. The molecule has 0 unspecified atom stereocenters. The number of aliphatic imine (C=N–C) groups is 1. The Bertz CT molecular complexity index is 995. The van der Waals surface area contributed by atoms with Gasteiger partial charge in [0, 0.05) is 12.8 Å². The van der Waals surface area contributed by atoms with Crippen LogP contribution < -0.4 is 5.32 Å². The molecule has 3 rings (SSSR count). The van der Waals surface area contributed by atoms with Gasteiger partial charge in [0.15, 0.2) is 11.9 Å². The molecule has 2 heterocycles. The van der Waals surface area contributed by atoms with Crippen molar-refractivity contribution in [2.75, 3.05) is 6.61 Å². The van der Waals surface area contributed by atoms with E-state index < -0.39 is 36.5 Å². The normalized spacial score (nSPS) is 26.8. The van der Waals surface area contributed by atoms with Crippen LogP contribution in [0.4, 0.5) is 0 Å². The van der Waals surface area contributed by atoms with Crippen LogP contribution in [-0.4, -0.2) is 64.2 Å². The Hall–Kier alpha value is -3.07. The van der Waals surface area contributed by atoms with Gasteiger partial charge in [-0.2, -0.15) is 5.26 Å². The molecule has 1 aromatic heterocycles. The Balaban J connectivity index is 1.78. The zero-order chi connectivity index (χ0) is 26.1. The molecule has 1 aliphatic heterocycles. The van der Waals surface area contributed by atoms with E-state index in [4.69, 9.17) is 14.9 Å². The highest BCUT2D eigenvalue weighted by Crippen LogP contribution is 2.41. The molecule has 0 bridgehead atoms. The molecule has 0 spiro atoms. The van der Waals surface area contributed by atoms with Gasteiger partial charge in [-0.3, -0.25) is 15.0 Å². The number of carbonyl (C=O) groups excluding carboxylic acids is 2. The number of esters is 1. The van der Waals surface area contributed by atoms with E-state index in [-0.39, 0.29) is 36.2 Å². The van der Waals surface area contributed by atoms with Crippen LogP contribution in [-0.2, 0) is 24.7 Å². The number of aliphatic hydroxyl groups is 2. The molecule has 1 amide bonds. The minimum absolute atomic E-state index is 0.0760. The van der Waals surface area contributed by atoms with Gasteiger partial charge in [-0.05, 0) is 37.3 Å². The Kier molecular flexibility index (Phi) is 9.75. The summed E-state index contributed by atoms with van der Waals surface area (Å²) in [5.74, 6) is -0.466. The number of hydrogen-bond donors (Lipinski definition) is 5. The third-order valence-corrected chi connectivity index (χ3v) is 6.78. The second kappa shape index (κ2) is 12.8. The van der Waals surface area contributed by atoms with E-state index in [2.05, 4.69) is 15.3 Å². The van der Waals surface area contributed by atoms with Crippen LogP contribution in [0.25, 0.3) is 0 Å². The predicted octanol–water partition coefficient (Wildman–Crippen LogP) is 2.03. The Labute approximate surface area is 210 Å². The van der Waals surface area contributed by atoms with Gasteiger partial charge in [0.05, 0.1) is 18.0 Å². The summed E-state index contributed by atoms with van der Waals surface area (Å²) in [6.07, 6.45) is 4.10. The van der Waals surface area contributed by atoms with Crippen LogP contribution in [0.1, 0.15) is 76.1 Å². The fraction of sp³-hybridized carbons (Fsp3) is 0.640. The molecule has 11 heteroatoms. The monoisotopic (exact) mass is 501 g/mol. The van der Waals surface area contributed by atoms with E-state index in [1.165, 1.54) is 12.1 Å². The lowest BCUT2D eigenvalue weighted by molar-refractivity contribution is -0.158. The first-order valence-electron chi connectivity index (χ1n) is 12.5. The molecule has 11 nitrogen and oxygen atoms in total. The lowest BCUT2D eigenvalue weighted by Crippen LogP contribution is -2.42. The van der Waals surface area contributed by atoms with E-state index >= 15 is 0 Å². The maximum absolute atomic E-state index is 12.6. The van der Waals surface area contributed by atoms with E-state index in [9.17, 15) is 25.1 Å². The molecule has 4 atom stereocenters. The van der Waals surface area contributed by atoms with Gasteiger partial charge < -0.3 is 30.0 Å². The Morgan fingerprint density at radius 1 is 1.39 bits per heavy atom. The lowest BCUT2D eigenvalue weighted by atomic mass is 9.87. The fourth-order valence-electron chi connectivity index (χ4n) is 4.81. The average Bonchev–Trinajstić information content (AvgIpc) is 3.47. The second-order valence-electron chi connectivity index (χ2n) is 9.34. The number of carbonyl (C=O) groups is 2. The van der Waals surface area contributed by atoms with Crippen LogP contribution >= 0.6 is 0 Å². The zero-order valence-corrected chi connectivity index (χ0v) is 20.5. The highest BCUT2D eigenvalue weighted by Gasteiger charge is 2.58. The van der Waals surface area contributed by atoms with E-state index in [1.807, 2.05) is 13.0 Å². The molecule has 1 aliphatic carbocycles. The molecule has 0 radical (unpaired) electrons. The highest BCUT2D eigenvalue weighted by molar-refractivity contribution is 6.09. The molecule has 0 aromatic carbocycles. The smallest absolute Gasteiger partial charge is 0.306 e. The van der Waals surface area contributed by atoms with Crippen LogP contribution in [0.2, 0.25) is 0 Å². The van der Waals surface area contributed by atoms with Crippen LogP contribution in [0, 0.1) is 22.7 Å². The fourth-order valence-corrected chi connectivity index (χ4v) is 4.81. The number of unbranched alkanes of at least 4 members (excludes halogenated alkanes) is 1. The second-order valence-corrected chi connectivity index (χ2v) is 9.34. The Morgan fingerprint density at radius 3 is 2.78 bits per heavy atom. The standard InChI is InChI=1S/C25H35N5O6/c1-2-3-9-20(32)30-24(28-15-27)17-10-11-19(29-17)25(14-26)23(34)22(18(13-31)36-25)35-21(33)12-16-7-5-4-6-8-16/h10-11,15-16,18,22-23,29,31,34H,2-9,12-13H2,1H3,(H2,27,28,30,32)/t18-,22-,23-,25+/m1/s1. The van der Waals surface area contributed by atoms with Gasteiger partial charge in [0.2, 0.25) is 11.5 Å². The van der Waals surface area contributed by atoms with Crippen molar-refractivity contribution < 1.29 is 29.3 Å². The summed E-state index contributed by atoms with van der Waals surface area (Å²) in [6.45, 7) is 1.40. The topological polar surface area (TPSA) is 181 Å². The first kappa shape index (κ1) is 27.5. The Morgan fingerprint density at radius 2 is 2.14 bits per heavy atom. The number of nitrogens with zero attached hydrogens (tertiary/aromatic N) is 2. The molecular formula is C25H35N5O6. The first-order chi connectivity index (χ1) is 17.4. The number of hydrogen-bond acceptors (Lipinski definition) is 8. The van der Waals surface area contributed by atoms with Gasteiger partial charge in [-0.1, -0.05) is 32.6 Å². The molecule has 2 aliphatic rings. The highest BCUT2D eigenvalue weighted by atomic mass is 16.6. The summed E-state index contributed by atoms with van der Waals surface area (Å²) in [6, 6.07) is 4.98. The van der Waals surface area contributed by atoms with Crippen molar-refractivity contribution in [3.05, 3.63) is 23.5 Å². The minimum atomic E-state index is -1.95. The number of amides is 1. The average molecular weight is 502 g/mol. The van der Waals surface area contributed by atoms with E-state index in [0.29, 0.717) is 12.1 Å². The molecular weight excluding hydrogens is 466 g/mol. The van der Waals surface area contributed by atoms with Crippen molar-refractivity contribution >= 4 is 24.1 Å². The van der Waals surface area contributed by atoms with Gasteiger partial charge in [-0.25, -0.2) is 4.99 Å². The summed E-state index contributed by atoms with van der Waals surface area (Å²) < 4.78 is 11.3. The van der Waals surface area contributed by atoms with Crippen LogP contribution in [0.15, 0.2) is 17.1 Å². The summed E-state index contributed by atoms with van der Waals surface area (Å²) in [5.41, 5.74) is -1.52. The van der Waals surface area contributed by atoms with Crippen molar-refractivity contribution in [2.45, 2.75) is 88.6 Å².